The normalized spacial score (nSPS) is 15.1. The number of benzene rings is 2. The predicted octanol–water partition coefficient (Wildman–Crippen LogP) is 4.63. The summed E-state index contributed by atoms with van der Waals surface area (Å²) < 4.78 is 12.4. The third kappa shape index (κ3) is 4.74. The molecule has 24 heavy (non-hydrogen) atoms. The molecule has 126 valence electrons. The number of carbonyl (C=O) groups excluding carboxylic acids is 1. The second-order valence-electron chi connectivity index (χ2n) is 5.80. The Hall–Kier alpha value is -2.01. The lowest BCUT2D eigenvalue weighted by atomic mass is 10.1. The number of carbonyl (C=O) groups is 1. The van der Waals surface area contributed by atoms with Gasteiger partial charge in [-0.25, -0.2) is 4.79 Å². The SMILES string of the molecule is O=C(OCc1ccccc1)N1CCC(Oc2cccc(Br)c2)CC1. The summed E-state index contributed by atoms with van der Waals surface area (Å²) in [7, 11) is 0. The van der Waals surface area contributed by atoms with Crippen molar-refractivity contribution in [3.05, 3.63) is 64.6 Å². The highest BCUT2D eigenvalue weighted by atomic mass is 79.9. The van der Waals surface area contributed by atoms with Crippen LogP contribution in [-0.2, 0) is 11.3 Å². The van der Waals surface area contributed by atoms with E-state index in [2.05, 4.69) is 15.9 Å². The zero-order valence-corrected chi connectivity index (χ0v) is 14.9. The van der Waals surface area contributed by atoms with Crippen molar-refractivity contribution in [3.8, 4) is 5.75 Å². The molecule has 1 heterocycles. The molecule has 3 rings (SSSR count). The Bertz CT molecular complexity index is 669. The van der Waals surface area contributed by atoms with E-state index in [1.807, 2.05) is 54.6 Å². The fourth-order valence-electron chi connectivity index (χ4n) is 2.70. The summed E-state index contributed by atoms with van der Waals surface area (Å²) in [6.07, 6.45) is 1.51. The largest absolute Gasteiger partial charge is 0.490 e. The number of nitrogens with zero attached hydrogens (tertiary/aromatic N) is 1. The Morgan fingerprint density at radius 1 is 1.08 bits per heavy atom. The first-order chi connectivity index (χ1) is 11.7. The van der Waals surface area contributed by atoms with E-state index >= 15 is 0 Å². The second kappa shape index (κ2) is 8.20. The van der Waals surface area contributed by atoms with Crippen LogP contribution in [0.4, 0.5) is 4.79 Å². The predicted molar refractivity (Wildman–Crippen MR) is 96.0 cm³/mol. The maximum atomic E-state index is 12.1. The molecule has 0 radical (unpaired) electrons. The van der Waals surface area contributed by atoms with Crippen LogP contribution in [-0.4, -0.2) is 30.2 Å². The van der Waals surface area contributed by atoms with Gasteiger partial charge in [0.05, 0.1) is 0 Å². The van der Waals surface area contributed by atoms with Gasteiger partial charge in [0, 0.05) is 30.4 Å². The first kappa shape index (κ1) is 16.8. The lowest BCUT2D eigenvalue weighted by molar-refractivity contribution is 0.0638. The van der Waals surface area contributed by atoms with Crippen LogP contribution in [0, 0.1) is 0 Å². The van der Waals surface area contributed by atoms with E-state index in [9.17, 15) is 4.79 Å². The molecule has 5 heteroatoms. The minimum absolute atomic E-state index is 0.137. The molecule has 0 N–H and O–H groups in total. The van der Waals surface area contributed by atoms with E-state index in [0.29, 0.717) is 19.7 Å². The Kier molecular flexibility index (Phi) is 5.75. The maximum absolute atomic E-state index is 12.1. The topological polar surface area (TPSA) is 38.8 Å². The van der Waals surface area contributed by atoms with Crippen molar-refractivity contribution in [2.45, 2.75) is 25.6 Å². The standard InChI is InChI=1S/C19H20BrNO3/c20-16-7-4-8-18(13-16)24-17-9-11-21(12-10-17)19(22)23-14-15-5-2-1-3-6-15/h1-8,13,17H,9-12,14H2. The molecule has 0 aliphatic carbocycles. The molecule has 2 aromatic rings. The van der Waals surface area contributed by atoms with Crippen LogP contribution in [0.25, 0.3) is 0 Å². The number of hydrogen-bond donors (Lipinski definition) is 0. The van der Waals surface area contributed by atoms with Crippen molar-refractivity contribution >= 4 is 22.0 Å². The number of amides is 1. The van der Waals surface area contributed by atoms with Crippen molar-refractivity contribution < 1.29 is 14.3 Å². The third-order valence-electron chi connectivity index (χ3n) is 4.00. The zero-order valence-electron chi connectivity index (χ0n) is 13.4. The summed E-state index contributed by atoms with van der Waals surface area (Å²) in [5, 5.41) is 0. The van der Waals surface area contributed by atoms with Gasteiger partial charge in [0.15, 0.2) is 0 Å². The molecular weight excluding hydrogens is 370 g/mol. The number of piperidine rings is 1. The van der Waals surface area contributed by atoms with E-state index < -0.39 is 0 Å². The van der Waals surface area contributed by atoms with Gasteiger partial charge in [0.25, 0.3) is 0 Å². The summed E-state index contributed by atoms with van der Waals surface area (Å²) >= 11 is 3.44. The van der Waals surface area contributed by atoms with E-state index in [-0.39, 0.29) is 12.2 Å². The van der Waals surface area contributed by atoms with Crippen LogP contribution in [0.1, 0.15) is 18.4 Å². The van der Waals surface area contributed by atoms with Crippen LogP contribution in [0.15, 0.2) is 59.1 Å². The highest BCUT2D eigenvalue weighted by molar-refractivity contribution is 9.10. The molecule has 1 fully saturated rings. The summed E-state index contributed by atoms with van der Waals surface area (Å²) in [4.78, 5) is 13.9. The first-order valence-electron chi connectivity index (χ1n) is 8.08. The zero-order chi connectivity index (χ0) is 16.8. The van der Waals surface area contributed by atoms with Gasteiger partial charge in [0.2, 0.25) is 0 Å². The molecule has 0 spiro atoms. The van der Waals surface area contributed by atoms with Crippen LogP contribution < -0.4 is 4.74 Å². The first-order valence-corrected chi connectivity index (χ1v) is 8.88. The van der Waals surface area contributed by atoms with Crippen molar-refractivity contribution in [3.63, 3.8) is 0 Å². The monoisotopic (exact) mass is 389 g/mol. The fourth-order valence-corrected chi connectivity index (χ4v) is 3.08. The van der Waals surface area contributed by atoms with Crippen LogP contribution in [0.3, 0.4) is 0 Å². The third-order valence-corrected chi connectivity index (χ3v) is 4.50. The van der Waals surface area contributed by atoms with Crippen LogP contribution >= 0.6 is 15.9 Å². The average Bonchev–Trinajstić information content (AvgIpc) is 2.61. The summed E-state index contributed by atoms with van der Waals surface area (Å²) in [5.41, 5.74) is 0.999. The van der Waals surface area contributed by atoms with Gasteiger partial charge < -0.3 is 14.4 Å². The lowest BCUT2D eigenvalue weighted by Crippen LogP contribution is -2.42. The number of likely N-dealkylation sites (tertiary alicyclic amines) is 1. The molecule has 1 saturated heterocycles. The molecule has 0 saturated carbocycles. The van der Waals surface area contributed by atoms with E-state index in [0.717, 1.165) is 28.6 Å². The van der Waals surface area contributed by atoms with Gasteiger partial charge in [-0.3, -0.25) is 0 Å². The molecule has 0 atom stereocenters. The molecule has 4 nitrogen and oxygen atoms in total. The highest BCUT2D eigenvalue weighted by Gasteiger charge is 2.24. The number of rotatable bonds is 4. The smallest absolute Gasteiger partial charge is 0.410 e. The molecule has 2 aromatic carbocycles. The minimum atomic E-state index is -0.250. The molecule has 1 aliphatic rings. The quantitative estimate of drug-likeness (QED) is 0.764. The van der Waals surface area contributed by atoms with Crippen molar-refractivity contribution in [2.24, 2.45) is 0 Å². The van der Waals surface area contributed by atoms with Gasteiger partial charge in [-0.15, -0.1) is 0 Å². The Labute approximate surface area is 150 Å². The van der Waals surface area contributed by atoms with Gasteiger partial charge in [0.1, 0.15) is 18.5 Å². The number of hydrogen-bond acceptors (Lipinski definition) is 3. The maximum Gasteiger partial charge on any atom is 0.410 e. The molecule has 0 aromatic heterocycles. The Morgan fingerprint density at radius 2 is 1.83 bits per heavy atom. The van der Waals surface area contributed by atoms with Gasteiger partial charge >= 0.3 is 6.09 Å². The van der Waals surface area contributed by atoms with Crippen LogP contribution in [0.5, 0.6) is 5.75 Å². The highest BCUT2D eigenvalue weighted by Crippen LogP contribution is 2.22. The fraction of sp³-hybridized carbons (Fsp3) is 0.316. The Morgan fingerprint density at radius 3 is 2.54 bits per heavy atom. The summed E-state index contributed by atoms with van der Waals surface area (Å²) in [6, 6.07) is 17.6. The molecule has 0 bridgehead atoms. The van der Waals surface area contributed by atoms with Crippen LogP contribution in [0.2, 0.25) is 0 Å². The second-order valence-corrected chi connectivity index (χ2v) is 6.72. The molecule has 1 amide bonds. The summed E-state index contributed by atoms with van der Waals surface area (Å²) in [5.74, 6) is 0.856. The molecule has 0 unspecified atom stereocenters. The van der Waals surface area contributed by atoms with E-state index in [1.165, 1.54) is 0 Å². The molecular formula is C19H20BrNO3. The minimum Gasteiger partial charge on any atom is -0.490 e. The van der Waals surface area contributed by atoms with Crippen molar-refractivity contribution in [1.29, 1.82) is 0 Å². The van der Waals surface area contributed by atoms with Gasteiger partial charge in [-0.2, -0.15) is 0 Å². The van der Waals surface area contributed by atoms with Crippen molar-refractivity contribution in [1.82, 2.24) is 4.90 Å². The lowest BCUT2D eigenvalue weighted by Gasteiger charge is -2.31. The van der Waals surface area contributed by atoms with E-state index in [4.69, 9.17) is 9.47 Å². The van der Waals surface area contributed by atoms with E-state index in [1.54, 1.807) is 4.90 Å². The van der Waals surface area contributed by atoms with Crippen molar-refractivity contribution in [2.75, 3.05) is 13.1 Å². The number of ether oxygens (including phenoxy) is 2. The Balaban J connectivity index is 1.43. The van der Waals surface area contributed by atoms with Gasteiger partial charge in [-0.05, 0) is 23.8 Å². The average molecular weight is 390 g/mol. The van der Waals surface area contributed by atoms with Gasteiger partial charge in [-0.1, -0.05) is 52.3 Å². The number of halogens is 1. The summed E-state index contributed by atoms with van der Waals surface area (Å²) in [6.45, 7) is 1.63. The molecule has 1 aliphatic heterocycles.